The monoisotopic (exact) mass is 279 g/mol. The highest BCUT2D eigenvalue weighted by Crippen LogP contribution is 2.23. The summed E-state index contributed by atoms with van der Waals surface area (Å²) in [4.78, 5) is 14.5. The summed E-state index contributed by atoms with van der Waals surface area (Å²) in [7, 11) is 1.99. The normalized spacial score (nSPS) is 16.6. The van der Waals surface area contributed by atoms with Gasteiger partial charge in [0, 0.05) is 13.1 Å². The van der Waals surface area contributed by atoms with Crippen LogP contribution < -0.4 is 5.32 Å². The Morgan fingerprint density at radius 1 is 1.45 bits per heavy atom. The van der Waals surface area contributed by atoms with Crippen molar-refractivity contribution in [1.29, 1.82) is 0 Å². The molecule has 0 unspecified atom stereocenters. The highest BCUT2D eigenvalue weighted by molar-refractivity contribution is 5.96. The Kier molecular flexibility index (Phi) is 5.17. The van der Waals surface area contributed by atoms with Gasteiger partial charge in [0.15, 0.2) is 0 Å². The summed E-state index contributed by atoms with van der Waals surface area (Å²) in [5.74, 6) is 1.47. The Morgan fingerprint density at radius 2 is 2.15 bits per heavy atom. The number of aromatic nitrogens is 1. The van der Waals surface area contributed by atoms with Crippen molar-refractivity contribution in [3.05, 3.63) is 17.0 Å². The number of carbonyl (C=O) groups is 1. The maximum Gasteiger partial charge on any atom is 0.259 e. The van der Waals surface area contributed by atoms with Gasteiger partial charge < -0.3 is 14.7 Å². The predicted octanol–water partition coefficient (Wildman–Crippen LogP) is 2.01. The molecule has 5 heteroatoms. The van der Waals surface area contributed by atoms with Gasteiger partial charge >= 0.3 is 0 Å². The van der Waals surface area contributed by atoms with Gasteiger partial charge in [-0.05, 0) is 52.1 Å². The Bertz CT molecular complexity index is 448. The van der Waals surface area contributed by atoms with Crippen LogP contribution in [0.1, 0.15) is 48.0 Å². The fourth-order valence-corrected chi connectivity index (χ4v) is 2.86. The number of aryl methyl sites for hydroxylation is 2. The van der Waals surface area contributed by atoms with Gasteiger partial charge in [-0.15, -0.1) is 0 Å². The second-order valence-corrected chi connectivity index (χ2v) is 5.54. The van der Waals surface area contributed by atoms with Crippen molar-refractivity contribution in [2.75, 3.05) is 26.7 Å². The topological polar surface area (TPSA) is 58.4 Å². The van der Waals surface area contributed by atoms with Crippen molar-refractivity contribution in [2.24, 2.45) is 5.92 Å². The lowest BCUT2D eigenvalue weighted by atomic mass is 9.93. The molecule has 1 aromatic heterocycles. The van der Waals surface area contributed by atoms with E-state index < -0.39 is 0 Å². The molecule has 5 nitrogen and oxygen atoms in total. The van der Waals surface area contributed by atoms with Crippen LogP contribution in [0.15, 0.2) is 4.52 Å². The number of amides is 1. The van der Waals surface area contributed by atoms with E-state index in [1.54, 1.807) is 0 Å². The van der Waals surface area contributed by atoms with Gasteiger partial charge in [-0.3, -0.25) is 4.79 Å². The first-order valence-electron chi connectivity index (χ1n) is 7.56. The highest BCUT2D eigenvalue weighted by Gasteiger charge is 2.27. The zero-order valence-electron chi connectivity index (χ0n) is 12.7. The molecule has 1 N–H and O–H groups in total. The Labute approximate surface area is 120 Å². The molecule has 1 saturated heterocycles. The largest absolute Gasteiger partial charge is 0.361 e. The number of likely N-dealkylation sites (tertiary alicyclic amines) is 1. The molecule has 1 aromatic rings. The van der Waals surface area contributed by atoms with Crippen LogP contribution in [0.3, 0.4) is 0 Å². The van der Waals surface area contributed by atoms with Gasteiger partial charge in [-0.2, -0.15) is 0 Å². The maximum absolute atomic E-state index is 12.6. The summed E-state index contributed by atoms with van der Waals surface area (Å²) in [5, 5.41) is 7.17. The van der Waals surface area contributed by atoms with Gasteiger partial charge in [0.1, 0.15) is 11.3 Å². The van der Waals surface area contributed by atoms with Crippen molar-refractivity contribution in [3.63, 3.8) is 0 Å². The van der Waals surface area contributed by atoms with Gasteiger partial charge in [-0.1, -0.05) is 12.1 Å². The van der Waals surface area contributed by atoms with Crippen molar-refractivity contribution < 1.29 is 9.32 Å². The van der Waals surface area contributed by atoms with Crippen LogP contribution in [0.25, 0.3) is 0 Å². The van der Waals surface area contributed by atoms with Crippen molar-refractivity contribution in [2.45, 2.75) is 39.5 Å². The second-order valence-electron chi connectivity index (χ2n) is 5.54. The smallest absolute Gasteiger partial charge is 0.259 e. The first kappa shape index (κ1) is 15.0. The molecule has 112 valence electrons. The average Bonchev–Trinajstić information content (AvgIpc) is 2.86. The molecule has 0 aliphatic carbocycles. The Morgan fingerprint density at radius 3 is 2.75 bits per heavy atom. The molecule has 20 heavy (non-hydrogen) atoms. The van der Waals surface area contributed by atoms with Crippen LogP contribution in [0, 0.1) is 12.8 Å². The summed E-state index contributed by atoms with van der Waals surface area (Å²) in [6.45, 7) is 6.57. The molecular weight excluding hydrogens is 254 g/mol. The molecule has 0 saturated carbocycles. The first-order chi connectivity index (χ1) is 9.67. The fourth-order valence-electron chi connectivity index (χ4n) is 2.86. The number of hydrogen-bond donors (Lipinski definition) is 1. The minimum absolute atomic E-state index is 0.0904. The average molecular weight is 279 g/mol. The van der Waals surface area contributed by atoms with Crippen molar-refractivity contribution >= 4 is 5.91 Å². The predicted molar refractivity (Wildman–Crippen MR) is 77.8 cm³/mol. The van der Waals surface area contributed by atoms with E-state index in [1.807, 2.05) is 25.8 Å². The minimum atomic E-state index is 0.0904. The SMILES string of the molecule is CCc1noc(C)c1C(=O)N1CCC(CCNC)CC1. The number of carbonyl (C=O) groups excluding carboxylic acids is 1. The van der Waals surface area contributed by atoms with Gasteiger partial charge in [0.25, 0.3) is 5.91 Å². The van der Waals surface area contributed by atoms with Crippen LogP contribution in [0.4, 0.5) is 0 Å². The van der Waals surface area contributed by atoms with Crippen LogP contribution in [-0.2, 0) is 6.42 Å². The summed E-state index contributed by atoms with van der Waals surface area (Å²) in [6, 6.07) is 0. The summed E-state index contributed by atoms with van der Waals surface area (Å²) in [6.07, 6.45) is 4.13. The summed E-state index contributed by atoms with van der Waals surface area (Å²) >= 11 is 0. The molecule has 0 spiro atoms. The molecule has 0 bridgehead atoms. The van der Waals surface area contributed by atoms with E-state index in [4.69, 9.17) is 4.52 Å². The lowest BCUT2D eigenvalue weighted by molar-refractivity contribution is 0.0684. The molecule has 2 heterocycles. The number of nitrogens with one attached hydrogen (secondary N) is 1. The molecule has 1 aliphatic heterocycles. The van der Waals surface area contributed by atoms with Gasteiger partial charge in [0.05, 0.1) is 5.69 Å². The molecule has 1 amide bonds. The maximum atomic E-state index is 12.6. The summed E-state index contributed by atoms with van der Waals surface area (Å²) in [5.41, 5.74) is 1.46. The van der Waals surface area contributed by atoms with E-state index in [0.717, 1.165) is 50.5 Å². The Hall–Kier alpha value is -1.36. The molecular formula is C15H25N3O2. The number of hydrogen-bond acceptors (Lipinski definition) is 4. The van der Waals surface area contributed by atoms with E-state index in [1.165, 1.54) is 6.42 Å². The van der Waals surface area contributed by atoms with E-state index in [9.17, 15) is 4.79 Å². The zero-order chi connectivity index (χ0) is 14.5. The van der Waals surface area contributed by atoms with Gasteiger partial charge in [0.2, 0.25) is 0 Å². The highest BCUT2D eigenvalue weighted by atomic mass is 16.5. The number of rotatable bonds is 5. The minimum Gasteiger partial charge on any atom is -0.361 e. The quantitative estimate of drug-likeness (QED) is 0.895. The third kappa shape index (κ3) is 3.20. The third-order valence-electron chi connectivity index (χ3n) is 4.19. The van der Waals surface area contributed by atoms with Crippen LogP contribution in [-0.4, -0.2) is 42.6 Å². The molecule has 0 atom stereocenters. The van der Waals surface area contributed by atoms with Crippen LogP contribution >= 0.6 is 0 Å². The number of nitrogens with zero attached hydrogens (tertiary/aromatic N) is 2. The molecule has 2 rings (SSSR count). The number of piperidine rings is 1. The zero-order valence-corrected chi connectivity index (χ0v) is 12.7. The molecule has 1 fully saturated rings. The van der Waals surface area contributed by atoms with Crippen LogP contribution in [0.5, 0.6) is 0 Å². The van der Waals surface area contributed by atoms with Gasteiger partial charge in [-0.25, -0.2) is 0 Å². The molecule has 0 aromatic carbocycles. The van der Waals surface area contributed by atoms with E-state index >= 15 is 0 Å². The van der Waals surface area contributed by atoms with Crippen molar-refractivity contribution in [3.8, 4) is 0 Å². The van der Waals surface area contributed by atoms with Crippen molar-refractivity contribution in [1.82, 2.24) is 15.4 Å². The lowest BCUT2D eigenvalue weighted by Gasteiger charge is -2.32. The first-order valence-corrected chi connectivity index (χ1v) is 7.56. The third-order valence-corrected chi connectivity index (χ3v) is 4.19. The fraction of sp³-hybridized carbons (Fsp3) is 0.733. The summed E-state index contributed by atoms with van der Waals surface area (Å²) < 4.78 is 5.17. The van der Waals surface area contributed by atoms with E-state index in [2.05, 4.69) is 10.5 Å². The second kappa shape index (κ2) is 6.88. The van der Waals surface area contributed by atoms with E-state index in [-0.39, 0.29) is 5.91 Å². The van der Waals surface area contributed by atoms with Crippen LogP contribution in [0.2, 0.25) is 0 Å². The standard InChI is InChI=1S/C15H25N3O2/c1-4-13-14(11(2)20-17-13)15(19)18-9-6-12(7-10-18)5-8-16-3/h12,16H,4-10H2,1-3H3. The molecule has 0 radical (unpaired) electrons. The Balaban J connectivity index is 1.96. The lowest BCUT2D eigenvalue weighted by Crippen LogP contribution is -2.39. The molecule has 1 aliphatic rings. The van der Waals surface area contributed by atoms with E-state index in [0.29, 0.717) is 11.3 Å².